The van der Waals surface area contributed by atoms with E-state index in [4.69, 9.17) is 17.3 Å². The molecule has 0 bridgehead atoms. The smallest absolute Gasteiger partial charge is 0.246 e. The summed E-state index contributed by atoms with van der Waals surface area (Å²) < 4.78 is 0. The van der Waals surface area contributed by atoms with E-state index in [0.29, 0.717) is 21.9 Å². The highest BCUT2D eigenvalue weighted by Crippen LogP contribution is 2.17. The van der Waals surface area contributed by atoms with Crippen LogP contribution in [0.25, 0.3) is 0 Å². The van der Waals surface area contributed by atoms with Crippen molar-refractivity contribution in [3.05, 3.63) is 23.4 Å². The number of anilines is 1. The zero-order valence-electron chi connectivity index (χ0n) is 11.8. The molecule has 0 aliphatic carbocycles. The van der Waals surface area contributed by atoms with Gasteiger partial charge in [-0.3, -0.25) is 4.79 Å². The molecule has 0 spiro atoms. The number of thioether (sulfide) groups is 1. The number of hydrogen-bond acceptors (Lipinski definition) is 6. The van der Waals surface area contributed by atoms with Gasteiger partial charge >= 0.3 is 0 Å². The predicted molar refractivity (Wildman–Crippen MR) is 85.4 cm³/mol. The quantitative estimate of drug-likeness (QED) is 0.387. The number of carbonyl (C=O) groups excluding carboxylic acids is 1. The molecule has 2 N–H and O–H groups in total. The van der Waals surface area contributed by atoms with Crippen LogP contribution in [0.4, 0.5) is 5.82 Å². The lowest BCUT2D eigenvalue weighted by Crippen LogP contribution is -2.46. The van der Waals surface area contributed by atoms with Crippen LogP contribution in [-0.4, -0.2) is 64.7 Å². The largest absolute Gasteiger partial charge is 0.384 e. The molecular formula is C13H18ClN5OS. The number of halogens is 1. The minimum absolute atomic E-state index is 0.0511. The maximum absolute atomic E-state index is 12.0. The lowest BCUT2D eigenvalue weighted by molar-refractivity contribution is -0.127. The number of nitrogens with two attached hydrogens (primary N) is 1. The Hall–Kier alpha value is -1.31. The van der Waals surface area contributed by atoms with Crippen molar-refractivity contribution in [1.29, 1.82) is 0 Å². The molecular weight excluding hydrogens is 310 g/mol. The van der Waals surface area contributed by atoms with E-state index >= 15 is 0 Å². The van der Waals surface area contributed by atoms with Crippen LogP contribution in [0.2, 0.25) is 5.15 Å². The average Bonchev–Trinajstić information content (AvgIpc) is 2.43. The van der Waals surface area contributed by atoms with Crippen molar-refractivity contribution in [2.75, 3.05) is 44.7 Å². The maximum Gasteiger partial charge on any atom is 0.246 e. The first-order chi connectivity index (χ1) is 10.0. The summed E-state index contributed by atoms with van der Waals surface area (Å²) in [4.78, 5) is 24.1. The Labute approximate surface area is 133 Å². The summed E-state index contributed by atoms with van der Waals surface area (Å²) in [6, 6.07) is 1.50. The van der Waals surface area contributed by atoms with Crippen LogP contribution in [-0.2, 0) is 4.79 Å². The molecule has 1 aromatic rings. The Bertz CT molecular complexity index is 511. The van der Waals surface area contributed by atoms with Crippen LogP contribution >= 0.6 is 23.4 Å². The van der Waals surface area contributed by atoms with Crippen molar-refractivity contribution in [2.45, 2.75) is 5.16 Å². The third kappa shape index (κ3) is 5.18. The second-order valence-electron chi connectivity index (χ2n) is 4.74. The second kappa shape index (κ2) is 7.63. The molecule has 0 saturated carbocycles. The number of hydrogen-bond donors (Lipinski definition) is 1. The van der Waals surface area contributed by atoms with Crippen molar-refractivity contribution >= 4 is 35.1 Å². The fourth-order valence-corrected chi connectivity index (χ4v) is 2.80. The first kappa shape index (κ1) is 16.1. The van der Waals surface area contributed by atoms with E-state index < -0.39 is 0 Å². The summed E-state index contributed by atoms with van der Waals surface area (Å²) in [6.45, 7) is 3.40. The summed E-state index contributed by atoms with van der Waals surface area (Å²) >= 11 is 7.18. The van der Waals surface area contributed by atoms with Gasteiger partial charge in [0.15, 0.2) is 5.16 Å². The molecule has 8 heteroatoms. The zero-order chi connectivity index (χ0) is 15.2. The molecule has 0 aromatic carbocycles. The number of rotatable bonds is 4. The van der Waals surface area contributed by atoms with Gasteiger partial charge in [-0.2, -0.15) is 0 Å². The molecule has 2 rings (SSSR count). The van der Waals surface area contributed by atoms with Gasteiger partial charge in [-0.25, -0.2) is 9.97 Å². The molecule has 0 atom stereocenters. The van der Waals surface area contributed by atoms with Crippen LogP contribution < -0.4 is 5.73 Å². The van der Waals surface area contributed by atoms with E-state index in [1.54, 1.807) is 6.08 Å². The summed E-state index contributed by atoms with van der Waals surface area (Å²) in [5.41, 5.74) is 5.59. The Morgan fingerprint density at radius 2 is 2.14 bits per heavy atom. The normalized spacial score (nSPS) is 16.6. The topological polar surface area (TPSA) is 75.3 Å². The van der Waals surface area contributed by atoms with Gasteiger partial charge in [-0.15, -0.1) is 0 Å². The zero-order valence-corrected chi connectivity index (χ0v) is 13.4. The number of nitrogen functional groups attached to an aromatic ring is 1. The summed E-state index contributed by atoms with van der Waals surface area (Å²) in [5.74, 6) is 0.990. The highest BCUT2D eigenvalue weighted by molar-refractivity contribution is 7.99. The number of likely N-dealkylation sites (N-methyl/N-ethyl adjacent to an activating group) is 1. The third-order valence-electron chi connectivity index (χ3n) is 3.08. The van der Waals surface area contributed by atoms with Crippen molar-refractivity contribution in [1.82, 2.24) is 19.8 Å². The summed E-state index contributed by atoms with van der Waals surface area (Å²) in [7, 11) is 2.06. The highest BCUT2D eigenvalue weighted by atomic mass is 35.5. The van der Waals surface area contributed by atoms with Crippen molar-refractivity contribution < 1.29 is 4.79 Å². The van der Waals surface area contributed by atoms with E-state index in [9.17, 15) is 4.79 Å². The number of carbonyl (C=O) groups is 1. The van der Waals surface area contributed by atoms with Gasteiger partial charge in [0.25, 0.3) is 0 Å². The minimum atomic E-state index is 0.0511. The van der Waals surface area contributed by atoms with Crippen LogP contribution in [0.1, 0.15) is 0 Å². The number of nitrogens with zero attached hydrogens (tertiary/aromatic N) is 4. The monoisotopic (exact) mass is 327 g/mol. The Kier molecular flexibility index (Phi) is 5.84. The van der Waals surface area contributed by atoms with E-state index in [1.165, 1.54) is 17.8 Å². The van der Waals surface area contributed by atoms with Crippen LogP contribution in [0.15, 0.2) is 23.4 Å². The van der Waals surface area contributed by atoms with Gasteiger partial charge in [0.2, 0.25) is 5.91 Å². The lowest BCUT2D eigenvalue weighted by Gasteiger charge is -2.31. The van der Waals surface area contributed by atoms with Crippen LogP contribution in [0.5, 0.6) is 0 Å². The highest BCUT2D eigenvalue weighted by Gasteiger charge is 2.16. The van der Waals surface area contributed by atoms with Gasteiger partial charge in [-0.05, 0) is 13.1 Å². The van der Waals surface area contributed by atoms with Crippen molar-refractivity contribution in [3.63, 3.8) is 0 Å². The Morgan fingerprint density at radius 3 is 2.81 bits per heavy atom. The van der Waals surface area contributed by atoms with E-state index in [-0.39, 0.29) is 5.91 Å². The fourth-order valence-electron chi connectivity index (χ4n) is 1.88. The van der Waals surface area contributed by atoms with Gasteiger partial charge < -0.3 is 15.5 Å². The second-order valence-corrected chi connectivity index (χ2v) is 6.11. The molecule has 114 valence electrons. The van der Waals surface area contributed by atoms with Gasteiger partial charge in [-0.1, -0.05) is 29.4 Å². The first-order valence-electron chi connectivity index (χ1n) is 6.61. The minimum Gasteiger partial charge on any atom is -0.384 e. The van der Waals surface area contributed by atoms with Crippen LogP contribution in [0.3, 0.4) is 0 Å². The average molecular weight is 328 g/mol. The molecule has 21 heavy (non-hydrogen) atoms. The predicted octanol–water partition coefficient (Wildman–Crippen LogP) is 1.13. The summed E-state index contributed by atoms with van der Waals surface area (Å²) in [6.07, 6.45) is 3.41. The molecule has 1 aliphatic rings. The first-order valence-corrected chi connectivity index (χ1v) is 7.98. The van der Waals surface area contributed by atoms with Gasteiger partial charge in [0.1, 0.15) is 11.0 Å². The number of amides is 1. The molecule has 0 unspecified atom stereocenters. The molecule has 1 saturated heterocycles. The maximum atomic E-state index is 12.0. The Balaban J connectivity index is 1.78. The molecule has 2 heterocycles. The molecule has 1 aliphatic heterocycles. The molecule has 1 amide bonds. The van der Waals surface area contributed by atoms with E-state index in [2.05, 4.69) is 21.9 Å². The fraction of sp³-hybridized carbons (Fsp3) is 0.462. The number of aromatic nitrogens is 2. The van der Waals surface area contributed by atoms with Crippen molar-refractivity contribution in [3.8, 4) is 0 Å². The van der Waals surface area contributed by atoms with Crippen LogP contribution in [0, 0.1) is 0 Å². The molecule has 0 radical (unpaired) electrons. The van der Waals surface area contributed by atoms with Gasteiger partial charge in [0.05, 0.1) is 0 Å². The Morgan fingerprint density at radius 1 is 1.43 bits per heavy atom. The number of piperazine rings is 1. The lowest BCUT2D eigenvalue weighted by atomic mass is 10.3. The SMILES string of the molecule is CN1CCN(C(=O)/C=C/CSc2nc(N)cc(Cl)n2)CC1. The molecule has 6 nitrogen and oxygen atoms in total. The van der Waals surface area contributed by atoms with E-state index in [0.717, 1.165) is 26.2 Å². The standard InChI is InChI=1S/C13H18ClN5OS/c1-18-4-6-19(7-5-18)12(20)3-2-8-21-13-16-10(14)9-11(15)17-13/h2-3,9H,4-8H2,1H3,(H2,15,16,17)/b3-2+. The summed E-state index contributed by atoms with van der Waals surface area (Å²) in [5, 5.41) is 0.833. The van der Waals surface area contributed by atoms with Crippen molar-refractivity contribution in [2.24, 2.45) is 0 Å². The molecule has 1 aromatic heterocycles. The molecule has 1 fully saturated rings. The van der Waals surface area contributed by atoms with Gasteiger partial charge in [0, 0.05) is 38.0 Å². The van der Waals surface area contributed by atoms with E-state index in [1.807, 2.05) is 11.0 Å². The third-order valence-corrected chi connectivity index (χ3v) is 4.07.